The van der Waals surface area contributed by atoms with Gasteiger partial charge in [0, 0.05) is 43.4 Å². The minimum Gasteiger partial charge on any atom is -0.444 e. The number of hydrogen-bond acceptors (Lipinski definition) is 10. The molecule has 0 saturated carbocycles. The molecule has 0 radical (unpaired) electrons. The van der Waals surface area contributed by atoms with Gasteiger partial charge in [-0.2, -0.15) is 4.65 Å². The Morgan fingerprint density at radius 2 is 1.64 bits per heavy atom. The molecule has 1 aliphatic rings. The summed E-state index contributed by atoms with van der Waals surface area (Å²) in [6, 6.07) is 18.7. The standard InChI is InChI=1S/C41H54N6O6S2/c1-30(2)39-43-35(28-54-39)26-46(3)40(49)45-37(16-17-47(51)18-20-52-21-19-47)38(48)24-33(22-31-10-6-4-7-11-31)14-15-34(23-32-12-8-5-9-13-32)44-41(50)53-27-36-25-42-29-55-36/h4-13,25,28-30,33-34,37,51H,14-24,26-27H2,1-3H3,(H-,44,45,49,50)/p+1/t33-,34-,37+/m1/s1. The van der Waals surface area contributed by atoms with Gasteiger partial charge in [-0.25, -0.2) is 19.8 Å². The fourth-order valence-corrected chi connectivity index (χ4v) is 8.03. The SMILES string of the molecule is CC(C)c1nc(CN(C)C(=O)N[C@@H](CC[N+]2(O)CCOCC2)C(=O)C[C@H](CC[C@H](Cc2ccccc2)NC(=O)OCc2cncs2)Cc2ccccc2)cs1. The molecular formula is C41H55N6O6S2+. The molecule has 3 N–H and O–H groups in total. The van der Waals surface area contributed by atoms with Crippen molar-refractivity contribution in [3.63, 3.8) is 0 Å². The third-order valence-corrected chi connectivity index (χ3v) is 11.8. The number of thiazole rings is 2. The number of nitrogens with one attached hydrogen (secondary N) is 2. The summed E-state index contributed by atoms with van der Waals surface area (Å²) in [4.78, 5) is 52.1. The van der Waals surface area contributed by atoms with Crippen LogP contribution in [0, 0.1) is 5.92 Å². The highest BCUT2D eigenvalue weighted by atomic mass is 32.1. The predicted molar refractivity (Wildman–Crippen MR) is 214 cm³/mol. The molecule has 55 heavy (non-hydrogen) atoms. The van der Waals surface area contributed by atoms with E-state index in [1.54, 1.807) is 35.0 Å². The molecule has 1 fully saturated rings. The highest BCUT2D eigenvalue weighted by Gasteiger charge is 2.33. The lowest BCUT2D eigenvalue weighted by molar-refractivity contribution is -1.11. The van der Waals surface area contributed by atoms with Crippen molar-refractivity contribution in [2.45, 2.75) is 83.5 Å². The Bertz CT molecular complexity index is 1750. The van der Waals surface area contributed by atoms with Gasteiger partial charge >= 0.3 is 12.1 Å². The second-order valence-electron chi connectivity index (χ2n) is 14.7. The fourth-order valence-electron chi connectivity index (χ4n) is 6.69. The van der Waals surface area contributed by atoms with Gasteiger partial charge in [0.2, 0.25) is 0 Å². The van der Waals surface area contributed by atoms with E-state index in [0.29, 0.717) is 71.0 Å². The molecule has 1 saturated heterocycles. The zero-order valence-corrected chi connectivity index (χ0v) is 33.7. The Hall–Kier alpha value is -4.21. The molecule has 0 aliphatic carbocycles. The van der Waals surface area contributed by atoms with Crippen molar-refractivity contribution in [2.24, 2.45) is 5.92 Å². The molecular weight excluding hydrogens is 737 g/mol. The number of hydrogen-bond donors (Lipinski definition) is 3. The number of amides is 3. The molecule has 0 bridgehead atoms. The minimum absolute atomic E-state index is 0.0783. The van der Waals surface area contributed by atoms with Gasteiger partial charge in [-0.05, 0) is 42.7 Å². The highest BCUT2D eigenvalue weighted by molar-refractivity contribution is 7.09. The molecule has 2 aromatic heterocycles. The monoisotopic (exact) mass is 791 g/mol. The molecule has 296 valence electrons. The molecule has 3 amide bonds. The molecule has 4 aromatic rings. The van der Waals surface area contributed by atoms with E-state index in [1.165, 1.54) is 11.3 Å². The first kappa shape index (κ1) is 41.9. The van der Waals surface area contributed by atoms with Crippen LogP contribution < -0.4 is 10.6 Å². The largest absolute Gasteiger partial charge is 0.444 e. The maximum absolute atomic E-state index is 14.4. The number of Topliss-reactive ketones (excluding diaryl/α,β-unsaturated/α-hetero) is 1. The number of hydroxylamine groups is 3. The van der Waals surface area contributed by atoms with Crippen LogP contribution in [-0.2, 0) is 40.3 Å². The van der Waals surface area contributed by atoms with Gasteiger partial charge in [-0.3, -0.25) is 9.78 Å². The third-order valence-electron chi connectivity index (χ3n) is 9.89. The number of rotatable bonds is 20. The summed E-state index contributed by atoms with van der Waals surface area (Å²) in [7, 11) is 1.70. The molecule has 12 nitrogen and oxygen atoms in total. The molecule has 0 spiro atoms. The number of urea groups is 1. The van der Waals surface area contributed by atoms with Gasteiger partial charge in [0.1, 0.15) is 26.2 Å². The van der Waals surface area contributed by atoms with Crippen LogP contribution in [-0.4, -0.2) is 94.6 Å². The Morgan fingerprint density at radius 1 is 0.945 bits per heavy atom. The molecule has 14 heteroatoms. The topological polar surface area (TPSA) is 143 Å². The second kappa shape index (κ2) is 21.2. The normalized spacial score (nSPS) is 15.5. The van der Waals surface area contributed by atoms with Gasteiger partial charge < -0.3 is 25.0 Å². The van der Waals surface area contributed by atoms with Crippen molar-refractivity contribution in [3.8, 4) is 0 Å². The van der Waals surface area contributed by atoms with Crippen molar-refractivity contribution in [1.82, 2.24) is 25.5 Å². The maximum Gasteiger partial charge on any atom is 0.407 e. The number of carbonyl (C=O) groups excluding carboxylic acids is 3. The number of benzene rings is 2. The lowest BCUT2D eigenvalue weighted by atomic mass is 9.86. The zero-order valence-electron chi connectivity index (χ0n) is 32.1. The number of aromatic nitrogens is 2. The average molecular weight is 792 g/mol. The van der Waals surface area contributed by atoms with E-state index >= 15 is 0 Å². The van der Waals surface area contributed by atoms with Crippen LogP contribution in [0.5, 0.6) is 0 Å². The number of quaternary nitrogens is 1. The van der Waals surface area contributed by atoms with Gasteiger partial charge in [0.15, 0.2) is 5.78 Å². The Balaban J connectivity index is 1.29. The Kier molecular flexibility index (Phi) is 16.2. The van der Waals surface area contributed by atoms with Crippen LogP contribution in [0.1, 0.15) is 72.2 Å². The Morgan fingerprint density at radius 3 is 2.27 bits per heavy atom. The van der Waals surface area contributed by atoms with Crippen molar-refractivity contribution < 1.29 is 33.7 Å². The van der Waals surface area contributed by atoms with E-state index in [9.17, 15) is 19.6 Å². The van der Waals surface area contributed by atoms with Crippen LogP contribution in [0.15, 0.2) is 77.8 Å². The van der Waals surface area contributed by atoms with E-state index in [2.05, 4.69) is 46.6 Å². The lowest BCUT2D eigenvalue weighted by Crippen LogP contribution is -2.55. The van der Waals surface area contributed by atoms with Gasteiger partial charge in [-0.15, -0.1) is 22.7 Å². The zero-order chi connectivity index (χ0) is 39.0. The van der Waals surface area contributed by atoms with E-state index in [1.807, 2.05) is 53.9 Å². The number of ether oxygens (including phenoxy) is 2. The van der Waals surface area contributed by atoms with Crippen LogP contribution in [0.4, 0.5) is 9.59 Å². The number of carbonyl (C=O) groups is 3. The summed E-state index contributed by atoms with van der Waals surface area (Å²) in [6.45, 7) is 6.67. The first-order chi connectivity index (χ1) is 26.5. The number of nitrogens with zero attached hydrogens (tertiary/aromatic N) is 4. The maximum atomic E-state index is 14.4. The van der Waals surface area contributed by atoms with Gasteiger partial charge in [-0.1, -0.05) is 74.5 Å². The van der Waals surface area contributed by atoms with E-state index in [4.69, 9.17) is 9.47 Å². The van der Waals surface area contributed by atoms with Gasteiger partial charge in [0.05, 0.1) is 46.9 Å². The number of morpholine rings is 1. The van der Waals surface area contributed by atoms with Crippen molar-refractivity contribution in [1.29, 1.82) is 0 Å². The summed E-state index contributed by atoms with van der Waals surface area (Å²) in [5.74, 6) is 0.130. The summed E-state index contributed by atoms with van der Waals surface area (Å²) >= 11 is 3.00. The molecule has 2 aromatic carbocycles. The summed E-state index contributed by atoms with van der Waals surface area (Å²) < 4.78 is 10.8. The van der Waals surface area contributed by atoms with E-state index < -0.39 is 12.1 Å². The van der Waals surface area contributed by atoms with E-state index in [0.717, 1.165) is 26.7 Å². The van der Waals surface area contributed by atoms with Crippen molar-refractivity contribution in [2.75, 3.05) is 39.9 Å². The second-order valence-corrected chi connectivity index (χ2v) is 16.6. The number of ketones is 1. The molecule has 3 heterocycles. The fraction of sp³-hybridized carbons (Fsp3) is 0.488. The van der Waals surface area contributed by atoms with Crippen LogP contribution in [0.3, 0.4) is 0 Å². The quantitative estimate of drug-likeness (QED) is 0.0814. The van der Waals surface area contributed by atoms with E-state index in [-0.39, 0.29) is 47.9 Å². The van der Waals surface area contributed by atoms with Crippen LogP contribution in [0.2, 0.25) is 0 Å². The summed E-state index contributed by atoms with van der Waals surface area (Å²) in [5.41, 5.74) is 4.69. The summed E-state index contributed by atoms with van der Waals surface area (Å²) in [6.07, 6.45) is 4.20. The third kappa shape index (κ3) is 14.1. The van der Waals surface area contributed by atoms with Crippen molar-refractivity contribution >= 4 is 40.6 Å². The van der Waals surface area contributed by atoms with Crippen LogP contribution >= 0.6 is 22.7 Å². The predicted octanol–water partition coefficient (Wildman–Crippen LogP) is 7.00. The first-order valence-corrected chi connectivity index (χ1v) is 20.8. The Labute approximate surface area is 332 Å². The summed E-state index contributed by atoms with van der Waals surface area (Å²) in [5, 5.41) is 20.3. The van der Waals surface area contributed by atoms with Crippen molar-refractivity contribution in [3.05, 3.63) is 104 Å². The number of alkyl carbamates (subject to hydrolysis) is 1. The minimum atomic E-state index is -0.806. The van der Waals surface area contributed by atoms with Crippen LogP contribution in [0.25, 0.3) is 0 Å². The first-order valence-electron chi connectivity index (χ1n) is 19.1. The molecule has 3 atom stereocenters. The molecule has 0 unspecified atom stereocenters. The highest BCUT2D eigenvalue weighted by Crippen LogP contribution is 2.24. The molecule has 5 rings (SSSR count). The smallest absolute Gasteiger partial charge is 0.407 e. The van der Waals surface area contributed by atoms with Gasteiger partial charge in [0.25, 0.3) is 0 Å². The molecule has 1 aliphatic heterocycles. The lowest BCUT2D eigenvalue weighted by Gasteiger charge is -2.34. The average Bonchev–Trinajstić information content (AvgIpc) is 3.89.